The molecular formula is C27H23N3O4S2. The Balaban J connectivity index is 1.68. The molecule has 0 bridgehead atoms. The van der Waals surface area contributed by atoms with Crippen molar-refractivity contribution < 1.29 is 19.0 Å². The van der Waals surface area contributed by atoms with Crippen LogP contribution in [0, 0.1) is 0 Å². The van der Waals surface area contributed by atoms with E-state index in [-0.39, 0.29) is 5.91 Å². The molecule has 0 radical (unpaired) electrons. The summed E-state index contributed by atoms with van der Waals surface area (Å²) in [5.74, 6) is 1.46. The van der Waals surface area contributed by atoms with E-state index in [2.05, 4.69) is 5.32 Å². The number of anilines is 2. The Morgan fingerprint density at radius 2 is 1.69 bits per heavy atom. The van der Waals surface area contributed by atoms with Crippen LogP contribution in [-0.4, -0.2) is 32.2 Å². The second-order valence-electron chi connectivity index (χ2n) is 7.78. The lowest BCUT2D eigenvalue weighted by Crippen LogP contribution is -2.12. The minimum Gasteiger partial charge on any atom is -0.495 e. The third-order valence-corrected chi connectivity index (χ3v) is 7.72. The zero-order chi connectivity index (χ0) is 25.2. The fourth-order valence-electron chi connectivity index (χ4n) is 4.00. The lowest BCUT2D eigenvalue weighted by atomic mass is 10.0. The number of para-hydroxylation sites is 2. The zero-order valence-electron chi connectivity index (χ0n) is 19.8. The first kappa shape index (κ1) is 23.7. The summed E-state index contributed by atoms with van der Waals surface area (Å²) in [6.07, 6.45) is 0. The van der Waals surface area contributed by atoms with Gasteiger partial charge in [0.15, 0.2) is 11.5 Å². The number of ether oxygens (including phenoxy) is 3. The predicted molar refractivity (Wildman–Crippen MR) is 147 cm³/mol. The number of aromatic nitrogens is 1. The maximum atomic E-state index is 13.3. The molecule has 3 aromatic heterocycles. The molecule has 0 spiro atoms. The van der Waals surface area contributed by atoms with Crippen LogP contribution in [0.3, 0.4) is 0 Å². The van der Waals surface area contributed by atoms with Crippen LogP contribution in [0.1, 0.15) is 9.67 Å². The number of methoxy groups -OCH3 is 3. The fourth-order valence-corrected chi connectivity index (χ4v) is 5.70. The number of nitrogen functional groups attached to an aromatic ring is 1. The maximum absolute atomic E-state index is 13.3. The maximum Gasteiger partial charge on any atom is 0.268 e. The molecule has 0 saturated carbocycles. The number of nitrogens with zero attached hydrogens (tertiary/aromatic N) is 1. The lowest BCUT2D eigenvalue weighted by molar-refractivity contribution is 0.103. The molecule has 0 aliphatic rings. The van der Waals surface area contributed by atoms with Gasteiger partial charge in [-0.3, -0.25) is 4.79 Å². The molecule has 0 atom stereocenters. The van der Waals surface area contributed by atoms with E-state index in [0.717, 1.165) is 27.1 Å². The highest BCUT2D eigenvalue weighted by molar-refractivity contribution is 7.21. The molecule has 182 valence electrons. The summed E-state index contributed by atoms with van der Waals surface area (Å²) in [6, 6.07) is 18.9. The average Bonchev–Trinajstić information content (AvgIpc) is 3.56. The molecule has 5 rings (SSSR count). The van der Waals surface area contributed by atoms with Gasteiger partial charge in [-0.1, -0.05) is 24.3 Å². The first-order valence-corrected chi connectivity index (χ1v) is 12.7. The average molecular weight is 518 g/mol. The van der Waals surface area contributed by atoms with Gasteiger partial charge in [-0.05, 0) is 52.9 Å². The second-order valence-corrected chi connectivity index (χ2v) is 9.73. The van der Waals surface area contributed by atoms with E-state index in [1.165, 1.54) is 11.3 Å². The standard InChI is InChI=1S/C27H23N3O4S2/c1-32-19-8-5-4-7-17(19)29-26(31)25-24(28)23-16(15-10-11-20(33-2)21(13-15)34-3)14-18(30-27(23)36-25)22-9-6-12-35-22/h4-14H,28H2,1-3H3,(H,29,31). The van der Waals surface area contributed by atoms with E-state index in [1.807, 2.05) is 53.9 Å². The van der Waals surface area contributed by atoms with Crippen LogP contribution in [0.2, 0.25) is 0 Å². The Bertz CT molecular complexity index is 1560. The number of fused-ring (bicyclic) bond motifs is 1. The molecule has 0 aliphatic carbocycles. The highest BCUT2D eigenvalue weighted by Gasteiger charge is 2.23. The van der Waals surface area contributed by atoms with Gasteiger partial charge in [0.2, 0.25) is 0 Å². The van der Waals surface area contributed by atoms with Gasteiger partial charge in [-0.15, -0.1) is 22.7 Å². The molecule has 36 heavy (non-hydrogen) atoms. The van der Waals surface area contributed by atoms with E-state index in [4.69, 9.17) is 24.9 Å². The van der Waals surface area contributed by atoms with Gasteiger partial charge >= 0.3 is 0 Å². The van der Waals surface area contributed by atoms with Gasteiger partial charge in [0.05, 0.1) is 43.3 Å². The number of carbonyl (C=O) groups excluding carboxylic acids is 1. The summed E-state index contributed by atoms with van der Waals surface area (Å²) in [5, 5.41) is 5.64. The summed E-state index contributed by atoms with van der Waals surface area (Å²) in [7, 11) is 4.75. The molecule has 1 amide bonds. The van der Waals surface area contributed by atoms with Gasteiger partial charge in [0, 0.05) is 5.39 Å². The van der Waals surface area contributed by atoms with E-state index in [0.29, 0.717) is 38.3 Å². The van der Waals surface area contributed by atoms with Crippen LogP contribution >= 0.6 is 22.7 Å². The van der Waals surface area contributed by atoms with Gasteiger partial charge in [0.25, 0.3) is 5.91 Å². The van der Waals surface area contributed by atoms with Crippen LogP contribution < -0.4 is 25.3 Å². The molecule has 3 heterocycles. The number of pyridine rings is 1. The van der Waals surface area contributed by atoms with Gasteiger partial charge in [-0.25, -0.2) is 4.98 Å². The minimum atomic E-state index is -0.323. The number of nitrogens with two attached hydrogens (primary N) is 1. The third kappa shape index (κ3) is 4.23. The number of nitrogens with one attached hydrogen (secondary N) is 1. The molecule has 0 unspecified atom stereocenters. The Morgan fingerprint density at radius 3 is 2.42 bits per heavy atom. The molecule has 9 heteroatoms. The molecule has 0 aliphatic heterocycles. The number of thiophene rings is 2. The summed E-state index contributed by atoms with van der Waals surface area (Å²) in [4.78, 5) is 20.3. The van der Waals surface area contributed by atoms with Gasteiger partial charge in [0.1, 0.15) is 15.5 Å². The Kier molecular flexibility index (Phi) is 6.49. The van der Waals surface area contributed by atoms with Crippen LogP contribution in [-0.2, 0) is 0 Å². The molecule has 0 saturated heterocycles. The first-order chi connectivity index (χ1) is 17.5. The van der Waals surface area contributed by atoms with Gasteiger partial charge in [-0.2, -0.15) is 0 Å². The van der Waals surface area contributed by atoms with Crippen LogP contribution in [0.4, 0.5) is 11.4 Å². The van der Waals surface area contributed by atoms with E-state index < -0.39 is 0 Å². The van der Waals surface area contributed by atoms with Crippen molar-refractivity contribution in [3.63, 3.8) is 0 Å². The van der Waals surface area contributed by atoms with E-state index in [9.17, 15) is 4.79 Å². The van der Waals surface area contributed by atoms with Crippen molar-refractivity contribution in [1.82, 2.24) is 4.98 Å². The van der Waals surface area contributed by atoms with Crippen molar-refractivity contribution in [2.24, 2.45) is 0 Å². The quantitative estimate of drug-likeness (QED) is 0.254. The normalized spacial score (nSPS) is 10.9. The number of benzene rings is 2. The van der Waals surface area contributed by atoms with Crippen molar-refractivity contribution in [3.8, 4) is 38.9 Å². The SMILES string of the molecule is COc1ccccc1NC(=O)c1sc2nc(-c3cccs3)cc(-c3ccc(OC)c(OC)c3)c2c1N. The monoisotopic (exact) mass is 517 g/mol. The van der Waals surface area contributed by atoms with E-state index in [1.54, 1.807) is 44.8 Å². The molecule has 2 aromatic carbocycles. The summed E-state index contributed by atoms with van der Waals surface area (Å²) >= 11 is 2.86. The summed E-state index contributed by atoms with van der Waals surface area (Å²) in [6.45, 7) is 0. The number of amides is 1. The molecule has 0 fully saturated rings. The van der Waals surface area contributed by atoms with Crippen molar-refractivity contribution in [2.75, 3.05) is 32.4 Å². The molecular weight excluding hydrogens is 494 g/mol. The van der Waals surface area contributed by atoms with Gasteiger partial charge < -0.3 is 25.3 Å². The predicted octanol–water partition coefficient (Wildman–Crippen LogP) is 6.55. The Morgan fingerprint density at radius 1 is 0.917 bits per heavy atom. The highest BCUT2D eigenvalue weighted by Crippen LogP contribution is 2.44. The number of hydrogen-bond donors (Lipinski definition) is 2. The van der Waals surface area contributed by atoms with Crippen molar-refractivity contribution in [2.45, 2.75) is 0 Å². The van der Waals surface area contributed by atoms with Crippen LogP contribution in [0.25, 0.3) is 31.9 Å². The fraction of sp³-hybridized carbons (Fsp3) is 0.111. The minimum absolute atomic E-state index is 0.323. The van der Waals surface area contributed by atoms with E-state index >= 15 is 0 Å². The summed E-state index contributed by atoms with van der Waals surface area (Å²) < 4.78 is 16.3. The summed E-state index contributed by atoms with van der Waals surface area (Å²) in [5.41, 5.74) is 10.1. The largest absolute Gasteiger partial charge is 0.495 e. The molecule has 7 nitrogen and oxygen atoms in total. The van der Waals surface area contributed by atoms with Crippen molar-refractivity contribution in [3.05, 3.63) is 70.9 Å². The second kappa shape index (κ2) is 9.88. The Hall–Kier alpha value is -4.08. The number of carbonyl (C=O) groups is 1. The molecule has 3 N–H and O–H groups in total. The topological polar surface area (TPSA) is 95.7 Å². The Labute approximate surface area is 216 Å². The van der Waals surface area contributed by atoms with Crippen molar-refractivity contribution >= 4 is 50.2 Å². The number of rotatable bonds is 7. The highest BCUT2D eigenvalue weighted by atomic mass is 32.1. The third-order valence-electron chi connectivity index (χ3n) is 5.73. The lowest BCUT2D eigenvalue weighted by Gasteiger charge is -2.12. The molecule has 5 aromatic rings. The van der Waals surface area contributed by atoms with Crippen molar-refractivity contribution in [1.29, 1.82) is 0 Å². The van der Waals surface area contributed by atoms with Crippen LogP contribution in [0.15, 0.2) is 66.0 Å². The first-order valence-electron chi connectivity index (χ1n) is 11.0. The number of hydrogen-bond acceptors (Lipinski definition) is 8. The zero-order valence-corrected chi connectivity index (χ0v) is 21.5. The smallest absolute Gasteiger partial charge is 0.268 e. The van der Waals surface area contributed by atoms with Crippen LogP contribution in [0.5, 0.6) is 17.2 Å².